The molecule has 1 saturated heterocycles. The summed E-state index contributed by atoms with van der Waals surface area (Å²) in [6.45, 7) is 1.92. The summed E-state index contributed by atoms with van der Waals surface area (Å²) in [5.74, 6) is -0.150. The van der Waals surface area contributed by atoms with Gasteiger partial charge in [-0.05, 0) is 29.8 Å². The number of benzene rings is 2. The molecule has 1 aliphatic rings. The van der Waals surface area contributed by atoms with Crippen LogP contribution in [0.4, 0.5) is 5.69 Å². The van der Waals surface area contributed by atoms with Crippen molar-refractivity contribution in [1.82, 2.24) is 9.21 Å². The number of sulfonamides is 1. The highest BCUT2D eigenvalue weighted by atomic mass is 35.5. The number of nitrogens with zero attached hydrogens (tertiary/aromatic N) is 2. The number of carbonyl (C=O) groups excluding carboxylic acids is 1. The third-order valence-electron chi connectivity index (χ3n) is 4.40. The van der Waals surface area contributed by atoms with E-state index in [2.05, 4.69) is 5.32 Å². The van der Waals surface area contributed by atoms with Crippen LogP contribution >= 0.6 is 11.6 Å². The van der Waals surface area contributed by atoms with Gasteiger partial charge < -0.3 is 5.32 Å². The van der Waals surface area contributed by atoms with E-state index in [4.69, 9.17) is 11.6 Å². The minimum atomic E-state index is -3.48. The lowest BCUT2D eigenvalue weighted by Gasteiger charge is -2.32. The summed E-state index contributed by atoms with van der Waals surface area (Å²) >= 11 is 5.91. The van der Waals surface area contributed by atoms with Crippen molar-refractivity contribution >= 4 is 39.3 Å². The fourth-order valence-electron chi connectivity index (χ4n) is 2.93. The smallest absolute Gasteiger partial charge is 0.238 e. The van der Waals surface area contributed by atoms with Crippen LogP contribution in [0.15, 0.2) is 60.0 Å². The Morgan fingerprint density at radius 3 is 2.43 bits per heavy atom. The van der Waals surface area contributed by atoms with E-state index in [1.807, 2.05) is 35.2 Å². The zero-order valence-electron chi connectivity index (χ0n) is 15.3. The van der Waals surface area contributed by atoms with Gasteiger partial charge in [-0.1, -0.05) is 48.0 Å². The second-order valence-electron chi connectivity index (χ2n) is 6.49. The van der Waals surface area contributed by atoms with Gasteiger partial charge in [0.15, 0.2) is 0 Å². The van der Waals surface area contributed by atoms with Crippen molar-refractivity contribution < 1.29 is 13.2 Å². The number of halogens is 1. The van der Waals surface area contributed by atoms with Gasteiger partial charge in [0, 0.05) is 42.3 Å². The van der Waals surface area contributed by atoms with Gasteiger partial charge in [-0.3, -0.25) is 9.69 Å². The largest absolute Gasteiger partial charge is 0.325 e. The minimum Gasteiger partial charge on any atom is -0.325 e. The van der Waals surface area contributed by atoms with Crippen LogP contribution in [-0.2, 0) is 14.8 Å². The molecule has 0 radical (unpaired) electrons. The maximum absolute atomic E-state index is 12.5. The van der Waals surface area contributed by atoms with E-state index in [1.165, 1.54) is 9.71 Å². The third kappa shape index (κ3) is 5.90. The molecule has 8 heteroatoms. The highest BCUT2D eigenvalue weighted by Crippen LogP contribution is 2.15. The molecule has 0 spiro atoms. The number of carbonyl (C=O) groups is 1. The first-order chi connectivity index (χ1) is 13.4. The predicted octanol–water partition coefficient (Wildman–Crippen LogP) is 2.90. The van der Waals surface area contributed by atoms with E-state index < -0.39 is 10.0 Å². The first-order valence-corrected chi connectivity index (χ1v) is 10.8. The van der Waals surface area contributed by atoms with Crippen molar-refractivity contribution in [3.05, 3.63) is 70.6 Å². The highest BCUT2D eigenvalue weighted by Gasteiger charge is 2.25. The molecule has 1 N–H and O–H groups in total. The normalized spacial score (nSPS) is 16.3. The molecule has 0 atom stereocenters. The second kappa shape index (κ2) is 9.34. The van der Waals surface area contributed by atoms with Crippen molar-refractivity contribution in [1.29, 1.82) is 0 Å². The standard InChI is InChI=1S/C20H22ClN3O3S/c21-18-7-4-8-19(15-18)22-20(25)16-23-10-12-24(13-11-23)28(26,27)14-9-17-5-2-1-3-6-17/h1-9,14-15H,10-13,16H2,(H,22,25)/b14-9+. The molecule has 2 aromatic rings. The van der Waals surface area contributed by atoms with Gasteiger partial charge in [0.1, 0.15) is 0 Å². The second-order valence-corrected chi connectivity index (χ2v) is 8.75. The molecule has 148 valence electrons. The molecule has 0 bridgehead atoms. The molecule has 28 heavy (non-hydrogen) atoms. The lowest BCUT2D eigenvalue weighted by molar-refractivity contribution is -0.117. The van der Waals surface area contributed by atoms with Gasteiger partial charge in [-0.15, -0.1) is 0 Å². The Labute approximate surface area is 170 Å². The van der Waals surface area contributed by atoms with Crippen LogP contribution in [0.3, 0.4) is 0 Å². The molecule has 1 amide bonds. The van der Waals surface area contributed by atoms with Crippen LogP contribution in [0.5, 0.6) is 0 Å². The third-order valence-corrected chi connectivity index (χ3v) is 6.20. The Morgan fingerprint density at radius 2 is 1.75 bits per heavy atom. The number of amides is 1. The fourth-order valence-corrected chi connectivity index (χ4v) is 4.29. The quantitative estimate of drug-likeness (QED) is 0.781. The molecular formula is C20H22ClN3O3S. The molecule has 0 aromatic heterocycles. The Bertz CT molecular complexity index is 940. The van der Waals surface area contributed by atoms with Gasteiger partial charge in [0.05, 0.1) is 6.54 Å². The topological polar surface area (TPSA) is 69.7 Å². The van der Waals surface area contributed by atoms with E-state index in [0.717, 1.165) is 5.56 Å². The van der Waals surface area contributed by atoms with E-state index in [1.54, 1.807) is 30.3 Å². The van der Waals surface area contributed by atoms with Gasteiger partial charge >= 0.3 is 0 Å². The summed E-state index contributed by atoms with van der Waals surface area (Å²) < 4.78 is 26.4. The summed E-state index contributed by atoms with van der Waals surface area (Å²) in [6, 6.07) is 16.3. The lowest BCUT2D eigenvalue weighted by Crippen LogP contribution is -2.49. The van der Waals surface area contributed by atoms with Crippen molar-refractivity contribution in [3.8, 4) is 0 Å². The Balaban J connectivity index is 1.49. The van der Waals surface area contributed by atoms with Crippen LogP contribution in [-0.4, -0.2) is 56.3 Å². The summed E-state index contributed by atoms with van der Waals surface area (Å²) in [6.07, 6.45) is 1.60. The zero-order valence-corrected chi connectivity index (χ0v) is 16.9. The maximum atomic E-state index is 12.5. The number of hydrogen-bond donors (Lipinski definition) is 1. The predicted molar refractivity (Wildman–Crippen MR) is 112 cm³/mol. The molecule has 0 aliphatic carbocycles. The first kappa shape index (κ1) is 20.5. The molecule has 2 aromatic carbocycles. The van der Waals surface area contributed by atoms with Gasteiger partial charge in [-0.2, -0.15) is 4.31 Å². The Hall–Kier alpha value is -2.19. The molecule has 0 saturated carbocycles. The average molecular weight is 420 g/mol. The fraction of sp³-hybridized carbons (Fsp3) is 0.250. The number of piperazine rings is 1. The van der Waals surface area contributed by atoms with Gasteiger partial charge in [0.2, 0.25) is 15.9 Å². The van der Waals surface area contributed by atoms with Crippen LogP contribution in [0, 0.1) is 0 Å². The number of nitrogens with one attached hydrogen (secondary N) is 1. The molecule has 1 heterocycles. The molecule has 1 aliphatic heterocycles. The van der Waals surface area contributed by atoms with E-state index >= 15 is 0 Å². The number of hydrogen-bond acceptors (Lipinski definition) is 4. The zero-order chi connectivity index (χ0) is 20.0. The van der Waals surface area contributed by atoms with Crippen molar-refractivity contribution in [2.45, 2.75) is 0 Å². The van der Waals surface area contributed by atoms with Crippen LogP contribution in [0.1, 0.15) is 5.56 Å². The number of rotatable bonds is 6. The monoisotopic (exact) mass is 419 g/mol. The molecular weight excluding hydrogens is 398 g/mol. The van der Waals surface area contributed by atoms with Gasteiger partial charge in [-0.25, -0.2) is 8.42 Å². The number of anilines is 1. The van der Waals surface area contributed by atoms with Crippen LogP contribution in [0.2, 0.25) is 5.02 Å². The summed E-state index contributed by atoms with van der Waals surface area (Å²) in [5.41, 5.74) is 1.48. The molecule has 6 nitrogen and oxygen atoms in total. The molecule has 0 unspecified atom stereocenters. The average Bonchev–Trinajstić information content (AvgIpc) is 2.68. The van der Waals surface area contributed by atoms with Crippen LogP contribution in [0.25, 0.3) is 6.08 Å². The summed E-state index contributed by atoms with van der Waals surface area (Å²) in [7, 11) is -3.48. The summed E-state index contributed by atoms with van der Waals surface area (Å²) in [4.78, 5) is 14.1. The Kier molecular flexibility index (Phi) is 6.85. The van der Waals surface area contributed by atoms with Gasteiger partial charge in [0.25, 0.3) is 0 Å². The lowest BCUT2D eigenvalue weighted by atomic mass is 10.2. The van der Waals surface area contributed by atoms with Crippen molar-refractivity contribution in [2.24, 2.45) is 0 Å². The van der Waals surface area contributed by atoms with E-state index in [9.17, 15) is 13.2 Å². The SMILES string of the molecule is O=C(CN1CCN(S(=O)(=O)/C=C/c2ccccc2)CC1)Nc1cccc(Cl)c1. The highest BCUT2D eigenvalue weighted by molar-refractivity contribution is 7.92. The van der Waals surface area contributed by atoms with E-state index in [-0.39, 0.29) is 12.5 Å². The maximum Gasteiger partial charge on any atom is 0.238 e. The molecule has 1 fully saturated rings. The molecule has 3 rings (SSSR count). The first-order valence-electron chi connectivity index (χ1n) is 8.93. The van der Waals surface area contributed by atoms with Crippen molar-refractivity contribution in [2.75, 3.05) is 38.0 Å². The summed E-state index contributed by atoms with van der Waals surface area (Å²) in [5, 5.41) is 4.60. The van der Waals surface area contributed by atoms with E-state index in [0.29, 0.717) is 36.9 Å². The van der Waals surface area contributed by atoms with Crippen molar-refractivity contribution in [3.63, 3.8) is 0 Å². The minimum absolute atomic E-state index is 0.150. The Morgan fingerprint density at radius 1 is 1.04 bits per heavy atom. The van der Waals surface area contributed by atoms with Crippen LogP contribution < -0.4 is 5.32 Å².